The summed E-state index contributed by atoms with van der Waals surface area (Å²) in [6.45, 7) is 7.75. The van der Waals surface area contributed by atoms with E-state index >= 15 is 0 Å². The molecule has 1 aromatic rings. The first-order valence-corrected chi connectivity index (χ1v) is 8.34. The maximum Gasteiger partial charge on any atom is 0.0410 e. The molecule has 0 spiro atoms. The van der Waals surface area contributed by atoms with E-state index in [0.717, 1.165) is 16.9 Å². The average Bonchev–Trinajstić information content (AvgIpc) is 2.42. The molecular weight excluding hydrogens is 300 g/mol. The van der Waals surface area contributed by atoms with E-state index in [4.69, 9.17) is 0 Å². The second-order valence-electron chi connectivity index (χ2n) is 5.20. The van der Waals surface area contributed by atoms with Gasteiger partial charge in [-0.2, -0.15) is 0 Å². The Balaban J connectivity index is 2.70. The first-order valence-electron chi connectivity index (χ1n) is 7.55. The van der Waals surface area contributed by atoms with Crippen molar-refractivity contribution in [1.82, 2.24) is 10.3 Å². The Hall–Kier alpha value is -0.410. The van der Waals surface area contributed by atoms with Crippen LogP contribution in [0.3, 0.4) is 0 Å². The van der Waals surface area contributed by atoms with Gasteiger partial charge in [0.15, 0.2) is 0 Å². The van der Waals surface area contributed by atoms with Crippen LogP contribution in [0.15, 0.2) is 22.9 Å². The molecule has 108 valence electrons. The summed E-state index contributed by atoms with van der Waals surface area (Å²) < 4.78 is 1.06. The Bertz CT molecular complexity index is 354. The summed E-state index contributed by atoms with van der Waals surface area (Å²) in [6, 6.07) is 2.61. The molecule has 0 bridgehead atoms. The van der Waals surface area contributed by atoms with Crippen molar-refractivity contribution in [2.24, 2.45) is 5.92 Å². The maximum atomic E-state index is 4.30. The smallest absolute Gasteiger partial charge is 0.0410 e. The summed E-state index contributed by atoms with van der Waals surface area (Å²) >= 11 is 3.52. The Morgan fingerprint density at radius 3 is 2.63 bits per heavy atom. The third-order valence-electron chi connectivity index (χ3n) is 3.69. The number of hydrogen-bond donors (Lipinski definition) is 1. The van der Waals surface area contributed by atoms with Gasteiger partial charge in [0, 0.05) is 22.9 Å². The number of pyridine rings is 1. The molecule has 19 heavy (non-hydrogen) atoms. The zero-order chi connectivity index (χ0) is 14.1. The van der Waals surface area contributed by atoms with Crippen LogP contribution >= 0.6 is 15.9 Å². The van der Waals surface area contributed by atoms with E-state index in [1.54, 1.807) is 0 Å². The molecule has 0 fully saturated rings. The number of aromatic nitrogens is 1. The number of hydrogen-bond acceptors (Lipinski definition) is 2. The van der Waals surface area contributed by atoms with E-state index in [0.29, 0.717) is 6.04 Å². The summed E-state index contributed by atoms with van der Waals surface area (Å²) in [5.41, 5.74) is 1.30. The van der Waals surface area contributed by atoms with Gasteiger partial charge in [-0.25, -0.2) is 0 Å². The van der Waals surface area contributed by atoms with Crippen LogP contribution in [0.25, 0.3) is 0 Å². The molecular formula is C16H27BrN2. The highest BCUT2D eigenvalue weighted by Crippen LogP contribution is 2.27. The standard InChI is InChI=1S/C16H27BrN2/c1-4-7-8-13(5-2)9-16(19-6-3)14-10-15(17)12-18-11-14/h10-13,16,19H,4-9H2,1-3H3. The summed E-state index contributed by atoms with van der Waals surface area (Å²) in [5.74, 6) is 0.808. The zero-order valence-electron chi connectivity index (χ0n) is 12.5. The predicted octanol–water partition coefficient (Wildman–Crippen LogP) is 5.10. The van der Waals surface area contributed by atoms with Gasteiger partial charge in [0.25, 0.3) is 0 Å². The fraction of sp³-hybridized carbons (Fsp3) is 0.688. The van der Waals surface area contributed by atoms with Gasteiger partial charge in [0.05, 0.1) is 0 Å². The van der Waals surface area contributed by atoms with Crippen LogP contribution < -0.4 is 5.32 Å². The quantitative estimate of drug-likeness (QED) is 0.682. The Labute approximate surface area is 126 Å². The monoisotopic (exact) mass is 326 g/mol. The summed E-state index contributed by atoms with van der Waals surface area (Å²) in [6.07, 6.45) is 10.3. The van der Waals surface area contributed by atoms with Crippen molar-refractivity contribution in [2.75, 3.05) is 6.54 Å². The molecule has 0 amide bonds. The van der Waals surface area contributed by atoms with E-state index in [9.17, 15) is 0 Å². The number of halogens is 1. The number of nitrogens with one attached hydrogen (secondary N) is 1. The van der Waals surface area contributed by atoms with E-state index in [1.807, 2.05) is 12.4 Å². The van der Waals surface area contributed by atoms with Gasteiger partial charge in [-0.05, 0) is 46.4 Å². The fourth-order valence-corrected chi connectivity index (χ4v) is 2.90. The van der Waals surface area contributed by atoms with Crippen molar-refractivity contribution >= 4 is 15.9 Å². The molecule has 0 radical (unpaired) electrons. The molecule has 2 unspecified atom stereocenters. The lowest BCUT2D eigenvalue weighted by Gasteiger charge is -2.24. The first kappa shape index (κ1) is 16.6. The topological polar surface area (TPSA) is 24.9 Å². The molecule has 0 aliphatic carbocycles. The third kappa shape index (κ3) is 6.05. The van der Waals surface area contributed by atoms with Gasteiger partial charge in [0.1, 0.15) is 0 Å². The largest absolute Gasteiger partial charge is 0.310 e. The highest BCUT2D eigenvalue weighted by atomic mass is 79.9. The van der Waals surface area contributed by atoms with Crippen molar-refractivity contribution in [3.8, 4) is 0 Å². The molecule has 1 rings (SSSR count). The van der Waals surface area contributed by atoms with Crippen LogP contribution in [-0.2, 0) is 0 Å². The molecule has 2 atom stereocenters. The number of nitrogens with zero attached hydrogens (tertiary/aromatic N) is 1. The van der Waals surface area contributed by atoms with E-state index in [-0.39, 0.29) is 0 Å². The van der Waals surface area contributed by atoms with E-state index < -0.39 is 0 Å². The predicted molar refractivity (Wildman–Crippen MR) is 86.3 cm³/mol. The Kier molecular flexibility index (Phi) is 8.31. The molecule has 1 N–H and O–H groups in total. The zero-order valence-corrected chi connectivity index (χ0v) is 14.0. The van der Waals surface area contributed by atoms with Crippen LogP contribution in [0, 0.1) is 5.92 Å². The molecule has 1 heterocycles. The van der Waals surface area contributed by atoms with Gasteiger partial charge in [-0.3, -0.25) is 4.98 Å². The lowest BCUT2D eigenvalue weighted by Crippen LogP contribution is -2.23. The SMILES string of the molecule is CCCCC(CC)CC(NCC)c1cncc(Br)c1. The molecule has 0 aliphatic rings. The van der Waals surface area contributed by atoms with Crippen LogP contribution in [-0.4, -0.2) is 11.5 Å². The molecule has 0 saturated carbocycles. The maximum absolute atomic E-state index is 4.30. The lowest BCUT2D eigenvalue weighted by atomic mass is 9.89. The second kappa shape index (κ2) is 9.49. The second-order valence-corrected chi connectivity index (χ2v) is 6.11. The van der Waals surface area contributed by atoms with Crippen LogP contribution in [0.5, 0.6) is 0 Å². The third-order valence-corrected chi connectivity index (χ3v) is 4.12. The van der Waals surface area contributed by atoms with Crippen molar-refractivity contribution in [1.29, 1.82) is 0 Å². The highest BCUT2D eigenvalue weighted by molar-refractivity contribution is 9.10. The molecule has 2 nitrogen and oxygen atoms in total. The van der Waals surface area contributed by atoms with Gasteiger partial charge in [0.2, 0.25) is 0 Å². The van der Waals surface area contributed by atoms with E-state index in [2.05, 4.69) is 53.1 Å². The van der Waals surface area contributed by atoms with Gasteiger partial charge >= 0.3 is 0 Å². The summed E-state index contributed by atoms with van der Waals surface area (Å²) in [5, 5.41) is 3.61. The number of rotatable bonds is 9. The van der Waals surface area contributed by atoms with Crippen molar-refractivity contribution in [3.05, 3.63) is 28.5 Å². The number of unbranched alkanes of at least 4 members (excludes halogenated alkanes) is 1. The van der Waals surface area contributed by atoms with Crippen molar-refractivity contribution in [2.45, 2.75) is 58.9 Å². The molecule has 0 aliphatic heterocycles. The molecule has 3 heteroatoms. The molecule has 1 aromatic heterocycles. The minimum Gasteiger partial charge on any atom is -0.310 e. The summed E-state index contributed by atoms with van der Waals surface area (Å²) in [7, 11) is 0. The highest BCUT2D eigenvalue weighted by Gasteiger charge is 2.16. The summed E-state index contributed by atoms with van der Waals surface area (Å²) in [4.78, 5) is 4.30. The lowest BCUT2D eigenvalue weighted by molar-refractivity contribution is 0.356. The van der Waals surface area contributed by atoms with Crippen molar-refractivity contribution < 1.29 is 0 Å². The van der Waals surface area contributed by atoms with Gasteiger partial charge in [-0.1, -0.05) is 46.5 Å². The Morgan fingerprint density at radius 1 is 1.26 bits per heavy atom. The van der Waals surface area contributed by atoms with Gasteiger partial charge < -0.3 is 5.32 Å². The van der Waals surface area contributed by atoms with Crippen LogP contribution in [0.4, 0.5) is 0 Å². The first-order chi connectivity index (χ1) is 9.21. The van der Waals surface area contributed by atoms with Crippen molar-refractivity contribution in [3.63, 3.8) is 0 Å². The van der Waals surface area contributed by atoms with Gasteiger partial charge in [-0.15, -0.1) is 0 Å². The Morgan fingerprint density at radius 2 is 2.05 bits per heavy atom. The minimum absolute atomic E-state index is 0.428. The van der Waals surface area contributed by atoms with Crippen LogP contribution in [0.2, 0.25) is 0 Å². The minimum atomic E-state index is 0.428. The fourth-order valence-electron chi connectivity index (χ4n) is 2.52. The normalized spacial score (nSPS) is 14.3. The average molecular weight is 327 g/mol. The molecule has 0 saturated heterocycles. The molecule has 0 aromatic carbocycles. The van der Waals surface area contributed by atoms with E-state index in [1.165, 1.54) is 37.7 Å². The van der Waals surface area contributed by atoms with Crippen LogP contribution in [0.1, 0.15) is 64.5 Å².